The van der Waals surface area contributed by atoms with E-state index in [1.54, 1.807) is 0 Å². The fraction of sp³-hybridized carbons (Fsp3) is 0.182. The van der Waals surface area contributed by atoms with E-state index in [1.165, 1.54) is 0 Å². The molecule has 1 amide bonds. The monoisotopic (exact) mass is 242 g/mol. The van der Waals surface area contributed by atoms with Crippen molar-refractivity contribution in [3.8, 4) is 11.8 Å². The number of hydrogen-bond acceptors (Lipinski definition) is 2. The minimum absolute atomic E-state index is 0.0910. The van der Waals surface area contributed by atoms with Crippen LogP contribution in [0.1, 0.15) is 5.56 Å². The van der Waals surface area contributed by atoms with Crippen LogP contribution in [0.5, 0.6) is 0 Å². The summed E-state index contributed by atoms with van der Waals surface area (Å²) in [6.45, 7) is -0.284. The maximum atomic E-state index is 13.1. The number of halogens is 3. The Labute approximate surface area is 95.8 Å². The summed E-state index contributed by atoms with van der Waals surface area (Å²) in [6.07, 6.45) is 0. The second-order valence-electron chi connectivity index (χ2n) is 3.03. The van der Waals surface area contributed by atoms with Gasteiger partial charge < -0.3 is 11.1 Å². The van der Waals surface area contributed by atoms with E-state index in [2.05, 4.69) is 17.2 Å². The highest BCUT2D eigenvalue weighted by Crippen LogP contribution is 2.12. The molecule has 0 aromatic heterocycles. The van der Waals surface area contributed by atoms with Gasteiger partial charge in [-0.15, -0.1) is 0 Å². The van der Waals surface area contributed by atoms with E-state index in [9.17, 15) is 18.0 Å². The summed E-state index contributed by atoms with van der Waals surface area (Å²) in [7, 11) is 0. The number of amides is 1. The summed E-state index contributed by atoms with van der Waals surface area (Å²) in [5.41, 5.74) is 4.47. The average Bonchev–Trinajstić information content (AvgIpc) is 2.26. The summed E-state index contributed by atoms with van der Waals surface area (Å²) in [5.74, 6) is 0.884. The Morgan fingerprint density at radius 3 is 2.41 bits per heavy atom. The second-order valence-corrected chi connectivity index (χ2v) is 3.03. The number of carbonyl (C=O) groups is 1. The van der Waals surface area contributed by atoms with Gasteiger partial charge in [0.2, 0.25) is 5.91 Å². The minimum atomic E-state index is -1.08. The van der Waals surface area contributed by atoms with Gasteiger partial charge in [-0.25, -0.2) is 13.2 Å². The fourth-order valence-electron chi connectivity index (χ4n) is 1.01. The second kappa shape index (κ2) is 5.92. The first-order valence-corrected chi connectivity index (χ1v) is 4.64. The fourth-order valence-corrected chi connectivity index (χ4v) is 1.01. The van der Waals surface area contributed by atoms with Gasteiger partial charge in [0.25, 0.3) is 0 Å². The van der Waals surface area contributed by atoms with Crippen LogP contribution in [0, 0.1) is 29.3 Å². The molecular formula is C11H9F3N2O. The van der Waals surface area contributed by atoms with E-state index in [4.69, 9.17) is 5.73 Å². The van der Waals surface area contributed by atoms with Crippen molar-refractivity contribution in [3.63, 3.8) is 0 Å². The first-order valence-electron chi connectivity index (χ1n) is 4.64. The predicted octanol–water partition coefficient (Wildman–Crippen LogP) is 0.530. The lowest BCUT2D eigenvalue weighted by Gasteiger charge is -1.98. The molecule has 0 aliphatic carbocycles. The Kier molecular flexibility index (Phi) is 4.55. The van der Waals surface area contributed by atoms with Gasteiger partial charge in [-0.05, 0) is 0 Å². The van der Waals surface area contributed by atoms with Crippen LogP contribution in [0.15, 0.2) is 12.1 Å². The quantitative estimate of drug-likeness (QED) is 0.743. The molecule has 0 aliphatic heterocycles. The number of rotatable bonds is 2. The van der Waals surface area contributed by atoms with Crippen LogP contribution < -0.4 is 11.1 Å². The van der Waals surface area contributed by atoms with Gasteiger partial charge in [0.05, 0.1) is 18.7 Å². The smallest absolute Gasteiger partial charge is 0.234 e. The van der Waals surface area contributed by atoms with Crippen LogP contribution in [0.25, 0.3) is 0 Å². The van der Waals surface area contributed by atoms with E-state index in [0.717, 1.165) is 0 Å². The Balaban J connectivity index is 2.75. The van der Waals surface area contributed by atoms with Gasteiger partial charge in [0.1, 0.15) is 17.5 Å². The van der Waals surface area contributed by atoms with E-state index in [1.807, 2.05) is 0 Å². The van der Waals surface area contributed by atoms with Gasteiger partial charge in [-0.3, -0.25) is 4.79 Å². The van der Waals surface area contributed by atoms with Gasteiger partial charge in [-0.1, -0.05) is 11.8 Å². The summed E-state index contributed by atoms with van der Waals surface area (Å²) in [6, 6.07) is 1.07. The third kappa shape index (κ3) is 3.81. The number of nitrogens with one attached hydrogen (secondary N) is 1. The first kappa shape index (κ1) is 13.1. The Morgan fingerprint density at radius 1 is 1.29 bits per heavy atom. The van der Waals surface area contributed by atoms with Gasteiger partial charge >= 0.3 is 0 Å². The first-order chi connectivity index (χ1) is 8.04. The van der Waals surface area contributed by atoms with Crippen molar-refractivity contribution in [2.24, 2.45) is 5.73 Å². The molecule has 3 N–H and O–H groups in total. The van der Waals surface area contributed by atoms with Crippen LogP contribution in [0.3, 0.4) is 0 Å². The van der Waals surface area contributed by atoms with Gasteiger partial charge in [0, 0.05) is 12.1 Å². The van der Waals surface area contributed by atoms with E-state index in [0.29, 0.717) is 12.1 Å². The molecule has 17 heavy (non-hydrogen) atoms. The van der Waals surface area contributed by atoms with Crippen molar-refractivity contribution in [1.29, 1.82) is 0 Å². The number of carbonyl (C=O) groups excluding carboxylic acids is 1. The highest BCUT2D eigenvalue weighted by Gasteiger charge is 2.08. The molecule has 6 heteroatoms. The molecule has 0 heterocycles. The normalized spacial score (nSPS) is 9.41. The van der Waals surface area contributed by atoms with Crippen LogP contribution in [-0.4, -0.2) is 19.0 Å². The molecule has 0 radical (unpaired) electrons. The van der Waals surface area contributed by atoms with Crippen molar-refractivity contribution in [2.45, 2.75) is 0 Å². The number of benzene rings is 1. The van der Waals surface area contributed by atoms with Crippen molar-refractivity contribution in [3.05, 3.63) is 35.1 Å². The molecule has 0 bridgehead atoms. The van der Waals surface area contributed by atoms with E-state index in [-0.39, 0.29) is 13.1 Å². The summed E-state index contributed by atoms with van der Waals surface area (Å²) in [4.78, 5) is 10.7. The third-order valence-corrected chi connectivity index (χ3v) is 1.78. The standard InChI is InChI=1S/C11H9F3N2O/c12-7-4-9(13)8(10(14)5-7)2-1-3-16-11(17)6-15/h4-5H,3,6,15H2,(H,16,17). The maximum Gasteiger partial charge on any atom is 0.234 e. The zero-order valence-corrected chi connectivity index (χ0v) is 8.69. The Hall–Kier alpha value is -2.00. The largest absolute Gasteiger partial charge is 0.344 e. The lowest BCUT2D eigenvalue weighted by Crippen LogP contribution is -2.30. The lowest BCUT2D eigenvalue weighted by molar-refractivity contribution is -0.119. The molecule has 3 nitrogen and oxygen atoms in total. The highest BCUT2D eigenvalue weighted by molar-refractivity contribution is 5.77. The molecule has 0 fully saturated rings. The van der Waals surface area contributed by atoms with Crippen molar-refractivity contribution in [1.82, 2.24) is 5.32 Å². The van der Waals surface area contributed by atoms with Gasteiger partial charge in [-0.2, -0.15) is 0 Å². The molecule has 0 unspecified atom stereocenters. The zero-order chi connectivity index (χ0) is 12.8. The minimum Gasteiger partial charge on any atom is -0.344 e. The lowest BCUT2D eigenvalue weighted by atomic mass is 10.2. The van der Waals surface area contributed by atoms with E-state index < -0.39 is 28.9 Å². The van der Waals surface area contributed by atoms with Crippen LogP contribution >= 0.6 is 0 Å². The molecule has 90 valence electrons. The van der Waals surface area contributed by atoms with Crippen molar-refractivity contribution >= 4 is 5.91 Å². The average molecular weight is 242 g/mol. The molecular weight excluding hydrogens is 233 g/mol. The third-order valence-electron chi connectivity index (χ3n) is 1.78. The molecule has 0 saturated carbocycles. The molecule has 0 saturated heterocycles. The van der Waals surface area contributed by atoms with Crippen molar-refractivity contribution < 1.29 is 18.0 Å². The molecule has 0 spiro atoms. The number of nitrogens with two attached hydrogens (primary N) is 1. The summed E-state index contributed by atoms with van der Waals surface area (Å²) >= 11 is 0. The molecule has 0 atom stereocenters. The van der Waals surface area contributed by atoms with Crippen LogP contribution in [0.4, 0.5) is 13.2 Å². The molecule has 0 aliphatic rings. The Morgan fingerprint density at radius 2 is 1.88 bits per heavy atom. The topological polar surface area (TPSA) is 55.1 Å². The predicted molar refractivity (Wildman–Crippen MR) is 55.3 cm³/mol. The van der Waals surface area contributed by atoms with Crippen LogP contribution in [-0.2, 0) is 4.79 Å². The van der Waals surface area contributed by atoms with Crippen LogP contribution in [0.2, 0.25) is 0 Å². The summed E-state index contributed by atoms with van der Waals surface area (Å²) < 4.78 is 38.7. The SMILES string of the molecule is NCC(=O)NCC#Cc1c(F)cc(F)cc1F. The molecule has 1 rings (SSSR count). The maximum absolute atomic E-state index is 13.1. The Bertz CT molecular complexity index is 468. The highest BCUT2D eigenvalue weighted by atomic mass is 19.1. The summed E-state index contributed by atoms with van der Waals surface area (Å²) in [5, 5.41) is 2.30. The van der Waals surface area contributed by atoms with E-state index >= 15 is 0 Å². The molecule has 1 aromatic rings. The van der Waals surface area contributed by atoms with Crippen molar-refractivity contribution in [2.75, 3.05) is 13.1 Å². The van der Waals surface area contributed by atoms with Gasteiger partial charge in [0.15, 0.2) is 0 Å². The number of hydrogen-bond donors (Lipinski definition) is 2. The zero-order valence-electron chi connectivity index (χ0n) is 8.69. The molecule has 1 aromatic carbocycles.